The van der Waals surface area contributed by atoms with Gasteiger partial charge in [-0.3, -0.25) is 14.1 Å². The van der Waals surface area contributed by atoms with Gasteiger partial charge in [0.2, 0.25) is 0 Å². The van der Waals surface area contributed by atoms with Crippen molar-refractivity contribution >= 4 is 22.1 Å². The average molecular weight is 557 g/mol. The Morgan fingerprint density at radius 3 is 1.97 bits per heavy atom. The molecular weight excluding hydrogens is 512 g/mol. The maximum Gasteiger partial charge on any atom is 0.306 e. The summed E-state index contributed by atoms with van der Waals surface area (Å²) in [4.78, 5) is 24.4. The van der Waals surface area contributed by atoms with Crippen LogP contribution in [0.1, 0.15) is 84.5 Å². The molecule has 4 N–H and O–H groups in total. The summed E-state index contributed by atoms with van der Waals surface area (Å²) in [5.41, 5.74) is 0. The average Bonchev–Trinajstić information content (AvgIpc) is 2.83. The Balaban J connectivity index is 2.71. The van der Waals surface area contributed by atoms with Crippen LogP contribution in [-0.4, -0.2) is 96.0 Å². The normalized spacial score (nSPS) is 25.0. The molecule has 218 valence electrons. The number of carbonyl (C=O) groups excluding carboxylic acids is 2. The van der Waals surface area contributed by atoms with Crippen molar-refractivity contribution in [3.63, 3.8) is 0 Å². The van der Waals surface area contributed by atoms with Gasteiger partial charge in [0.05, 0.1) is 6.61 Å². The Bertz CT molecular complexity index is 759. The fourth-order valence-corrected chi connectivity index (χ4v) is 4.48. The van der Waals surface area contributed by atoms with Gasteiger partial charge in [-0.15, -0.1) is 0 Å². The molecule has 0 aromatic carbocycles. The molecule has 0 unspecified atom stereocenters. The molecule has 1 fully saturated rings. The first-order chi connectivity index (χ1) is 17.5. The summed E-state index contributed by atoms with van der Waals surface area (Å²) < 4.78 is 52.8. The van der Waals surface area contributed by atoms with Crippen LogP contribution in [0.3, 0.4) is 0 Å². The smallest absolute Gasteiger partial charge is 0.306 e. The fraction of sp³-hybridized carbons (Fsp3) is 0.917. The maximum absolute atomic E-state index is 12.3. The molecule has 1 rings (SSSR count). The van der Waals surface area contributed by atoms with Crippen LogP contribution >= 0.6 is 0 Å². The summed E-state index contributed by atoms with van der Waals surface area (Å²) in [5.74, 6) is -2.02. The second-order valence-corrected chi connectivity index (χ2v) is 10.9. The molecule has 0 amide bonds. The first-order valence-corrected chi connectivity index (χ1v) is 14.7. The Morgan fingerprint density at radius 1 is 0.811 bits per heavy atom. The van der Waals surface area contributed by atoms with E-state index in [-0.39, 0.29) is 19.4 Å². The van der Waals surface area contributed by atoms with Crippen LogP contribution in [0, 0.1) is 0 Å². The van der Waals surface area contributed by atoms with Crippen LogP contribution in [0.5, 0.6) is 0 Å². The number of hydrogen-bond acceptors (Lipinski definition) is 11. The Hall–Kier alpha value is -1.35. The number of carbonyl (C=O) groups is 2. The van der Waals surface area contributed by atoms with E-state index in [9.17, 15) is 33.3 Å². The number of unbranched alkanes of at least 4 members (excludes halogenated alkanes) is 7. The molecule has 6 atom stereocenters. The third kappa shape index (κ3) is 14.4. The van der Waals surface area contributed by atoms with Crippen molar-refractivity contribution < 1.29 is 56.8 Å². The van der Waals surface area contributed by atoms with Crippen molar-refractivity contribution in [1.29, 1.82) is 0 Å². The molecule has 0 aromatic heterocycles. The Kier molecular flexibility index (Phi) is 16.4. The van der Waals surface area contributed by atoms with E-state index in [1.807, 2.05) is 6.92 Å². The quantitative estimate of drug-likeness (QED) is 0.102. The predicted molar refractivity (Wildman–Crippen MR) is 132 cm³/mol. The molecule has 12 nitrogen and oxygen atoms in total. The third-order valence-electron chi connectivity index (χ3n) is 5.94. The summed E-state index contributed by atoms with van der Waals surface area (Å²) in [7, 11) is -4.57. The number of hydrogen-bond donors (Lipinski definition) is 4. The Labute approximate surface area is 219 Å². The third-order valence-corrected chi connectivity index (χ3v) is 6.69. The van der Waals surface area contributed by atoms with Crippen LogP contribution in [0.15, 0.2) is 0 Å². The lowest BCUT2D eigenvalue weighted by Gasteiger charge is -2.40. The van der Waals surface area contributed by atoms with Gasteiger partial charge in [0, 0.05) is 12.8 Å². The summed E-state index contributed by atoms with van der Waals surface area (Å²) in [5, 5.41) is 30.2. The molecule has 13 heteroatoms. The second kappa shape index (κ2) is 18.0. The van der Waals surface area contributed by atoms with Crippen molar-refractivity contribution in [2.24, 2.45) is 0 Å². The topological polar surface area (TPSA) is 186 Å². The molecule has 0 radical (unpaired) electrons. The van der Waals surface area contributed by atoms with Crippen molar-refractivity contribution in [1.82, 2.24) is 0 Å². The first-order valence-electron chi connectivity index (χ1n) is 13.1. The first kappa shape index (κ1) is 33.7. The zero-order chi connectivity index (χ0) is 27.8. The monoisotopic (exact) mass is 556 g/mol. The van der Waals surface area contributed by atoms with E-state index in [1.165, 1.54) is 0 Å². The van der Waals surface area contributed by atoms with E-state index in [2.05, 4.69) is 6.92 Å². The zero-order valence-electron chi connectivity index (χ0n) is 21.8. The molecule has 37 heavy (non-hydrogen) atoms. The van der Waals surface area contributed by atoms with E-state index in [0.29, 0.717) is 12.8 Å². The lowest BCUT2D eigenvalue weighted by atomic mass is 10.00. The number of rotatable bonds is 19. The molecule has 1 aliphatic heterocycles. The van der Waals surface area contributed by atoms with Gasteiger partial charge < -0.3 is 34.3 Å². The van der Waals surface area contributed by atoms with Gasteiger partial charge in [0.1, 0.15) is 36.8 Å². The minimum absolute atomic E-state index is 0.159. The van der Waals surface area contributed by atoms with Crippen molar-refractivity contribution in [2.45, 2.75) is 121 Å². The van der Waals surface area contributed by atoms with E-state index in [0.717, 1.165) is 44.9 Å². The fourth-order valence-electron chi connectivity index (χ4n) is 3.79. The molecule has 1 aliphatic rings. The molecule has 1 heterocycles. The maximum atomic E-state index is 12.3. The Morgan fingerprint density at radius 2 is 1.38 bits per heavy atom. The lowest BCUT2D eigenvalue weighted by Crippen LogP contribution is -2.60. The van der Waals surface area contributed by atoms with E-state index >= 15 is 0 Å². The van der Waals surface area contributed by atoms with Gasteiger partial charge >= 0.3 is 11.9 Å². The molecule has 0 saturated carbocycles. The highest BCUT2D eigenvalue weighted by Crippen LogP contribution is 2.23. The van der Waals surface area contributed by atoms with Gasteiger partial charge in [0.25, 0.3) is 10.1 Å². The summed E-state index contributed by atoms with van der Waals surface area (Å²) in [6.07, 6.45) is -1.00. The molecule has 0 spiro atoms. The lowest BCUT2D eigenvalue weighted by molar-refractivity contribution is -0.297. The van der Waals surface area contributed by atoms with E-state index in [1.54, 1.807) is 0 Å². The van der Waals surface area contributed by atoms with E-state index in [4.69, 9.17) is 23.5 Å². The van der Waals surface area contributed by atoms with E-state index < -0.39 is 71.2 Å². The highest BCUT2D eigenvalue weighted by molar-refractivity contribution is 7.85. The van der Waals surface area contributed by atoms with Crippen LogP contribution in [0.25, 0.3) is 0 Å². The number of ether oxygens (including phenoxy) is 4. The largest absolute Gasteiger partial charge is 0.462 e. The zero-order valence-corrected chi connectivity index (χ0v) is 22.6. The SMILES string of the molecule is CCCCCCCC(=O)OC[C@H](CO[C@@H]1O[C@H](CS(=O)(=O)O)[C@@H](O)[C@H](O)[C@H]1O)OC(=O)CCCCCC. The standard InChI is InChI=1S/C24H44O12S/c1-3-5-7-9-11-12-19(25)33-14-17(35-20(26)13-10-8-6-4-2)15-34-24-23(29)22(28)21(27)18(36-24)16-37(30,31)32/h17-18,21-24,27-29H,3-16H2,1-2H3,(H,30,31,32)/t17-,18-,21-,22+,23-,24-/m1/s1. The van der Waals surface area contributed by atoms with Crippen LogP contribution in [0.4, 0.5) is 0 Å². The highest BCUT2D eigenvalue weighted by Gasteiger charge is 2.46. The number of aliphatic hydroxyl groups is 3. The van der Waals surface area contributed by atoms with Gasteiger partial charge in [0.15, 0.2) is 12.4 Å². The second-order valence-electron chi connectivity index (χ2n) is 9.37. The van der Waals surface area contributed by atoms with Crippen LogP contribution < -0.4 is 0 Å². The molecule has 0 aromatic rings. The van der Waals surface area contributed by atoms with Crippen LogP contribution in [0.2, 0.25) is 0 Å². The molecular formula is C24H44O12S. The molecule has 1 saturated heterocycles. The van der Waals surface area contributed by atoms with Crippen molar-refractivity contribution in [3.05, 3.63) is 0 Å². The van der Waals surface area contributed by atoms with Gasteiger partial charge in [-0.05, 0) is 12.8 Å². The van der Waals surface area contributed by atoms with Crippen molar-refractivity contribution in [2.75, 3.05) is 19.0 Å². The van der Waals surface area contributed by atoms with Gasteiger partial charge in [-0.1, -0.05) is 58.8 Å². The molecule has 0 aliphatic carbocycles. The predicted octanol–water partition coefficient (Wildman–Crippen LogP) is 1.48. The number of esters is 2. The molecule has 0 bridgehead atoms. The van der Waals surface area contributed by atoms with Crippen LogP contribution in [-0.2, 0) is 38.7 Å². The highest BCUT2D eigenvalue weighted by atomic mass is 32.2. The minimum atomic E-state index is -4.57. The van der Waals surface area contributed by atoms with Crippen molar-refractivity contribution in [3.8, 4) is 0 Å². The van der Waals surface area contributed by atoms with Gasteiger partial charge in [-0.2, -0.15) is 8.42 Å². The number of aliphatic hydroxyl groups excluding tert-OH is 3. The minimum Gasteiger partial charge on any atom is -0.462 e. The summed E-state index contributed by atoms with van der Waals surface area (Å²) in [6, 6.07) is 0. The summed E-state index contributed by atoms with van der Waals surface area (Å²) in [6.45, 7) is 3.42. The summed E-state index contributed by atoms with van der Waals surface area (Å²) >= 11 is 0. The van der Waals surface area contributed by atoms with Gasteiger partial charge in [-0.25, -0.2) is 0 Å².